The van der Waals surface area contributed by atoms with E-state index in [4.69, 9.17) is 0 Å². The maximum absolute atomic E-state index is 11.2. The van der Waals surface area contributed by atoms with Crippen LogP contribution in [-0.2, 0) is 11.3 Å². The molecule has 1 rings (SSSR count). The molecule has 78 valence electrons. The number of nitrogens with one attached hydrogen (secondary N) is 1. The van der Waals surface area contributed by atoms with Gasteiger partial charge >= 0.3 is 0 Å². The lowest BCUT2D eigenvalue weighted by Crippen LogP contribution is -2.27. The van der Waals surface area contributed by atoms with Crippen LogP contribution in [0.25, 0.3) is 0 Å². The number of amides is 1. The van der Waals surface area contributed by atoms with Crippen molar-refractivity contribution in [2.24, 2.45) is 0 Å². The minimum absolute atomic E-state index is 0.125. The average Bonchev–Trinajstić information content (AvgIpc) is 2.67. The number of thioether (sulfide) groups is 1. The lowest BCUT2D eigenvalue weighted by molar-refractivity contribution is -0.120. The highest BCUT2D eigenvalue weighted by Crippen LogP contribution is 1.94. The van der Waals surface area contributed by atoms with Gasteiger partial charge in [-0.15, -0.1) is 0 Å². The summed E-state index contributed by atoms with van der Waals surface area (Å²) in [6, 6.07) is 0. The fraction of sp³-hybridized carbons (Fsp3) is 0.556. The van der Waals surface area contributed by atoms with Gasteiger partial charge in [0, 0.05) is 37.7 Å². The summed E-state index contributed by atoms with van der Waals surface area (Å²) in [6.45, 7) is 1.45. The van der Waals surface area contributed by atoms with Crippen LogP contribution in [-0.4, -0.2) is 34.0 Å². The second-order valence-electron chi connectivity index (χ2n) is 2.89. The molecule has 0 atom stereocenters. The second-order valence-corrected chi connectivity index (χ2v) is 3.88. The predicted molar refractivity (Wildman–Crippen MR) is 58.2 cm³/mol. The van der Waals surface area contributed by atoms with Gasteiger partial charge in [-0.1, -0.05) is 0 Å². The summed E-state index contributed by atoms with van der Waals surface area (Å²) >= 11 is 1.69. The Morgan fingerprint density at radius 1 is 1.64 bits per heavy atom. The van der Waals surface area contributed by atoms with E-state index in [-0.39, 0.29) is 5.91 Å². The molecule has 1 heterocycles. The molecule has 1 aromatic heterocycles. The van der Waals surface area contributed by atoms with Crippen LogP contribution in [0.2, 0.25) is 0 Å². The SMILES string of the molecule is CSCCC(=O)NCCn1ccnc1. The topological polar surface area (TPSA) is 46.9 Å². The standard InChI is InChI=1S/C9H15N3OS/c1-14-7-2-9(13)11-4-6-12-5-3-10-8-12/h3,5,8H,2,4,6-7H2,1H3,(H,11,13). The van der Waals surface area contributed by atoms with Gasteiger partial charge in [-0.05, 0) is 6.26 Å². The van der Waals surface area contributed by atoms with Crippen LogP contribution in [0.4, 0.5) is 0 Å². The van der Waals surface area contributed by atoms with Crippen molar-refractivity contribution >= 4 is 17.7 Å². The molecule has 0 saturated heterocycles. The Hall–Kier alpha value is -0.970. The largest absolute Gasteiger partial charge is 0.354 e. The van der Waals surface area contributed by atoms with Gasteiger partial charge in [-0.3, -0.25) is 4.79 Å². The van der Waals surface area contributed by atoms with Crippen molar-refractivity contribution in [1.82, 2.24) is 14.9 Å². The molecule has 1 amide bonds. The third-order valence-corrected chi connectivity index (χ3v) is 2.40. The fourth-order valence-corrected chi connectivity index (χ4v) is 1.42. The van der Waals surface area contributed by atoms with E-state index in [0.717, 1.165) is 12.3 Å². The van der Waals surface area contributed by atoms with E-state index in [1.54, 1.807) is 24.3 Å². The first-order valence-corrected chi connectivity index (χ1v) is 5.93. The molecule has 0 aliphatic heterocycles. The van der Waals surface area contributed by atoms with Gasteiger partial charge in [-0.2, -0.15) is 11.8 Å². The average molecular weight is 213 g/mol. The molecular weight excluding hydrogens is 198 g/mol. The molecular formula is C9H15N3OS. The minimum Gasteiger partial charge on any atom is -0.354 e. The smallest absolute Gasteiger partial charge is 0.220 e. The van der Waals surface area contributed by atoms with E-state index < -0.39 is 0 Å². The maximum Gasteiger partial charge on any atom is 0.220 e. The van der Waals surface area contributed by atoms with Crippen molar-refractivity contribution in [2.75, 3.05) is 18.6 Å². The highest BCUT2D eigenvalue weighted by Gasteiger charge is 1.98. The third kappa shape index (κ3) is 4.32. The van der Waals surface area contributed by atoms with E-state index in [0.29, 0.717) is 13.0 Å². The summed E-state index contributed by atoms with van der Waals surface area (Å²) in [5.74, 6) is 1.01. The van der Waals surface area contributed by atoms with Crippen LogP contribution in [0.5, 0.6) is 0 Å². The molecule has 0 saturated carbocycles. The third-order valence-electron chi connectivity index (χ3n) is 1.78. The Kier molecular flexibility index (Phi) is 5.14. The first-order valence-electron chi connectivity index (χ1n) is 4.54. The summed E-state index contributed by atoms with van der Waals surface area (Å²) in [5.41, 5.74) is 0. The Balaban J connectivity index is 2.06. The van der Waals surface area contributed by atoms with E-state index >= 15 is 0 Å². The zero-order valence-electron chi connectivity index (χ0n) is 8.27. The Morgan fingerprint density at radius 2 is 2.50 bits per heavy atom. The predicted octanol–water partition coefficient (Wildman–Crippen LogP) is 0.752. The molecule has 0 fully saturated rings. The van der Waals surface area contributed by atoms with E-state index in [2.05, 4.69) is 10.3 Å². The molecule has 0 aromatic carbocycles. The van der Waals surface area contributed by atoms with Gasteiger partial charge < -0.3 is 9.88 Å². The fourth-order valence-electron chi connectivity index (χ4n) is 1.03. The van der Waals surface area contributed by atoms with Crippen molar-refractivity contribution in [3.63, 3.8) is 0 Å². The van der Waals surface area contributed by atoms with Crippen molar-refractivity contribution < 1.29 is 4.79 Å². The number of hydrogen-bond donors (Lipinski definition) is 1. The number of rotatable bonds is 6. The number of hydrogen-bond acceptors (Lipinski definition) is 3. The van der Waals surface area contributed by atoms with Gasteiger partial charge in [0.1, 0.15) is 0 Å². The number of imidazole rings is 1. The van der Waals surface area contributed by atoms with Gasteiger partial charge in [-0.25, -0.2) is 4.98 Å². The van der Waals surface area contributed by atoms with Crippen LogP contribution in [0.3, 0.4) is 0 Å². The van der Waals surface area contributed by atoms with Gasteiger partial charge in [0.15, 0.2) is 0 Å². The zero-order chi connectivity index (χ0) is 10.2. The maximum atomic E-state index is 11.2. The minimum atomic E-state index is 0.125. The lowest BCUT2D eigenvalue weighted by Gasteiger charge is -2.04. The van der Waals surface area contributed by atoms with Crippen LogP contribution in [0.15, 0.2) is 18.7 Å². The van der Waals surface area contributed by atoms with Gasteiger partial charge in [0.05, 0.1) is 6.33 Å². The zero-order valence-corrected chi connectivity index (χ0v) is 9.09. The highest BCUT2D eigenvalue weighted by atomic mass is 32.2. The number of aromatic nitrogens is 2. The van der Waals surface area contributed by atoms with Crippen LogP contribution < -0.4 is 5.32 Å². The summed E-state index contributed by atoms with van der Waals surface area (Å²) in [5, 5.41) is 2.85. The molecule has 0 aliphatic carbocycles. The first-order chi connectivity index (χ1) is 6.83. The second kappa shape index (κ2) is 6.48. The summed E-state index contributed by atoms with van der Waals surface area (Å²) < 4.78 is 1.94. The number of carbonyl (C=O) groups excluding carboxylic acids is 1. The van der Waals surface area contributed by atoms with Crippen molar-refractivity contribution in [2.45, 2.75) is 13.0 Å². The molecule has 0 spiro atoms. The highest BCUT2D eigenvalue weighted by molar-refractivity contribution is 7.98. The summed E-state index contributed by atoms with van der Waals surface area (Å²) in [7, 11) is 0. The van der Waals surface area contributed by atoms with E-state index in [9.17, 15) is 4.79 Å². The number of nitrogens with zero attached hydrogens (tertiary/aromatic N) is 2. The molecule has 14 heavy (non-hydrogen) atoms. The molecule has 0 unspecified atom stereocenters. The normalized spacial score (nSPS) is 10.1. The molecule has 0 aliphatic rings. The lowest BCUT2D eigenvalue weighted by atomic mass is 10.4. The van der Waals surface area contributed by atoms with Crippen molar-refractivity contribution in [3.8, 4) is 0 Å². The molecule has 1 N–H and O–H groups in total. The summed E-state index contributed by atoms with van der Waals surface area (Å²) in [4.78, 5) is 15.1. The first kappa shape index (κ1) is 11.1. The van der Waals surface area contributed by atoms with Crippen LogP contribution in [0, 0.1) is 0 Å². The van der Waals surface area contributed by atoms with Crippen LogP contribution in [0.1, 0.15) is 6.42 Å². The quantitative estimate of drug-likeness (QED) is 0.758. The Morgan fingerprint density at radius 3 is 3.14 bits per heavy atom. The van der Waals surface area contributed by atoms with Crippen molar-refractivity contribution in [1.29, 1.82) is 0 Å². The molecule has 5 heteroatoms. The van der Waals surface area contributed by atoms with E-state index in [1.807, 2.05) is 17.0 Å². The number of carbonyl (C=O) groups is 1. The van der Waals surface area contributed by atoms with E-state index in [1.165, 1.54) is 0 Å². The summed E-state index contributed by atoms with van der Waals surface area (Å²) in [6.07, 6.45) is 7.96. The molecule has 1 aromatic rings. The molecule has 0 radical (unpaired) electrons. The molecule has 0 bridgehead atoms. The van der Waals surface area contributed by atoms with Crippen LogP contribution >= 0.6 is 11.8 Å². The molecule has 4 nitrogen and oxygen atoms in total. The Labute approximate surface area is 88.1 Å². The van der Waals surface area contributed by atoms with Gasteiger partial charge in [0.25, 0.3) is 0 Å². The van der Waals surface area contributed by atoms with Gasteiger partial charge in [0.2, 0.25) is 5.91 Å². The van der Waals surface area contributed by atoms with Crippen molar-refractivity contribution in [3.05, 3.63) is 18.7 Å². The Bertz CT molecular complexity index is 261. The monoisotopic (exact) mass is 213 g/mol.